The number of methoxy groups -OCH3 is 1. The number of nitrogens with zero attached hydrogens (tertiary/aromatic N) is 2. The Hall–Kier alpha value is -0.700. The summed E-state index contributed by atoms with van der Waals surface area (Å²) in [6, 6.07) is 0. The van der Waals surface area contributed by atoms with Crippen LogP contribution in [0, 0.1) is 5.92 Å². The molecule has 0 saturated heterocycles. The summed E-state index contributed by atoms with van der Waals surface area (Å²) in [4.78, 5) is 8.41. The summed E-state index contributed by atoms with van der Waals surface area (Å²) >= 11 is 0. The molecule has 3 heteroatoms. The van der Waals surface area contributed by atoms with Crippen molar-refractivity contribution in [1.82, 2.24) is 0 Å². The molecule has 1 aliphatic rings. The number of hydrogen-bond donors (Lipinski definition) is 0. The summed E-state index contributed by atoms with van der Waals surface area (Å²) in [6.07, 6.45) is 3.41. The molecular weight excluding hydrogens is 140 g/mol. The van der Waals surface area contributed by atoms with Crippen molar-refractivity contribution in [3.63, 3.8) is 0 Å². The number of hydrogen-bond acceptors (Lipinski definition) is 3. The molecule has 11 heavy (non-hydrogen) atoms. The highest BCUT2D eigenvalue weighted by Crippen LogP contribution is 2.24. The van der Waals surface area contributed by atoms with Crippen LogP contribution < -0.4 is 0 Å². The van der Waals surface area contributed by atoms with E-state index in [9.17, 15) is 0 Å². The van der Waals surface area contributed by atoms with Crippen LogP contribution in [0.1, 0.15) is 13.8 Å². The van der Waals surface area contributed by atoms with Gasteiger partial charge in [-0.2, -0.15) is 0 Å². The monoisotopic (exact) mass is 154 g/mol. The van der Waals surface area contributed by atoms with Crippen LogP contribution in [0.2, 0.25) is 0 Å². The van der Waals surface area contributed by atoms with Crippen LogP contribution in [-0.4, -0.2) is 31.8 Å². The van der Waals surface area contributed by atoms with Crippen molar-refractivity contribution in [2.75, 3.05) is 13.7 Å². The molecule has 0 bridgehead atoms. The van der Waals surface area contributed by atoms with Crippen LogP contribution in [0.15, 0.2) is 9.98 Å². The summed E-state index contributed by atoms with van der Waals surface area (Å²) in [5, 5.41) is 0. The number of aliphatic imine (C=N–C) groups is 2. The predicted octanol–water partition coefficient (Wildman–Crippen LogP) is 1.14. The van der Waals surface area contributed by atoms with Crippen molar-refractivity contribution in [3.05, 3.63) is 0 Å². The summed E-state index contributed by atoms with van der Waals surface area (Å²) < 4.78 is 5.33. The second kappa shape index (κ2) is 3.13. The fourth-order valence-electron chi connectivity index (χ4n) is 1.12. The van der Waals surface area contributed by atoms with E-state index in [2.05, 4.69) is 23.8 Å². The molecule has 0 aromatic heterocycles. The second-order valence-corrected chi connectivity index (χ2v) is 2.97. The summed E-state index contributed by atoms with van der Waals surface area (Å²) in [7, 11) is 1.68. The Kier molecular flexibility index (Phi) is 2.39. The van der Waals surface area contributed by atoms with E-state index in [1.54, 1.807) is 19.5 Å². The van der Waals surface area contributed by atoms with Gasteiger partial charge >= 0.3 is 0 Å². The van der Waals surface area contributed by atoms with Crippen LogP contribution in [-0.2, 0) is 4.74 Å². The standard InChI is InChI=1S/C8H14N2O/c1-7(2)8(11-3)6-9-4-5-10-8/h4-5,7H,6H2,1-3H3. The van der Waals surface area contributed by atoms with Gasteiger partial charge in [0.05, 0.1) is 6.54 Å². The summed E-state index contributed by atoms with van der Waals surface area (Å²) in [5.41, 5.74) is -0.408. The van der Waals surface area contributed by atoms with Gasteiger partial charge in [-0.05, 0) is 0 Å². The molecular formula is C8H14N2O. The van der Waals surface area contributed by atoms with Gasteiger partial charge in [-0.15, -0.1) is 0 Å². The molecule has 0 radical (unpaired) electrons. The zero-order valence-electron chi connectivity index (χ0n) is 7.24. The van der Waals surface area contributed by atoms with Crippen molar-refractivity contribution >= 4 is 12.4 Å². The smallest absolute Gasteiger partial charge is 0.180 e. The SMILES string of the molecule is COC1(C(C)C)CN=CC=N1. The lowest BCUT2D eigenvalue weighted by Gasteiger charge is -2.31. The normalized spacial score (nSPS) is 29.8. The first-order valence-corrected chi connectivity index (χ1v) is 3.80. The van der Waals surface area contributed by atoms with Gasteiger partial charge in [0, 0.05) is 25.5 Å². The maximum absolute atomic E-state index is 5.33. The van der Waals surface area contributed by atoms with Gasteiger partial charge in [0.1, 0.15) is 0 Å². The zero-order chi connectivity index (χ0) is 8.32. The fourth-order valence-corrected chi connectivity index (χ4v) is 1.12. The lowest BCUT2D eigenvalue weighted by molar-refractivity contribution is -0.0320. The number of rotatable bonds is 2. The molecule has 1 heterocycles. The van der Waals surface area contributed by atoms with Gasteiger partial charge in [0.15, 0.2) is 5.72 Å². The molecule has 0 aromatic rings. The molecule has 0 spiro atoms. The van der Waals surface area contributed by atoms with Gasteiger partial charge in [0.2, 0.25) is 0 Å². The Morgan fingerprint density at radius 3 is 2.45 bits per heavy atom. The number of ether oxygens (including phenoxy) is 1. The molecule has 3 nitrogen and oxygen atoms in total. The average molecular weight is 154 g/mol. The van der Waals surface area contributed by atoms with E-state index in [4.69, 9.17) is 4.74 Å². The van der Waals surface area contributed by atoms with Gasteiger partial charge in [-0.1, -0.05) is 13.8 Å². The lowest BCUT2D eigenvalue weighted by atomic mass is 10.00. The first kappa shape index (κ1) is 8.40. The van der Waals surface area contributed by atoms with Gasteiger partial charge in [-0.25, -0.2) is 0 Å². The van der Waals surface area contributed by atoms with E-state index < -0.39 is 5.72 Å². The minimum Gasteiger partial charge on any atom is -0.355 e. The molecule has 1 unspecified atom stereocenters. The molecule has 62 valence electrons. The van der Waals surface area contributed by atoms with Crippen LogP contribution in [0.5, 0.6) is 0 Å². The first-order valence-electron chi connectivity index (χ1n) is 3.80. The van der Waals surface area contributed by atoms with Crippen molar-refractivity contribution in [1.29, 1.82) is 0 Å². The van der Waals surface area contributed by atoms with Crippen LogP contribution in [0.4, 0.5) is 0 Å². The van der Waals surface area contributed by atoms with Gasteiger partial charge < -0.3 is 4.74 Å². The second-order valence-electron chi connectivity index (χ2n) is 2.97. The first-order chi connectivity index (χ1) is 5.21. The Balaban J connectivity index is 2.77. The Labute approximate surface area is 67.2 Å². The van der Waals surface area contributed by atoms with Crippen molar-refractivity contribution in [3.8, 4) is 0 Å². The van der Waals surface area contributed by atoms with Crippen LogP contribution >= 0.6 is 0 Å². The van der Waals surface area contributed by atoms with Crippen LogP contribution in [0.25, 0.3) is 0 Å². The molecule has 0 amide bonds. The van der Waals surface area contributed by atoms with Crippen molar-refractivity contribution < 1.29 is 4.74 Å². The summed E-state index contributed by atoms with van der Waals surface area (Å²) in [5.74, 6) is 0.362. The highest BCUT2D eigenvalue weighted by molar-refractivity contribution is 6.16. The highest BCUT2D eigenvalue weighted by Gasteiger charge is 2.33. The predicted molar refractivity (Wildman–Crippen MR) is 46.4 cm³/mol. The largest absolute Gasteiger partial charge is 0.355 e. The van der Waals surface area contributed by atoms with E-state index in [1.165, 1.54) is 0 Å². The lowest BCUT2D eigenvalue weighted by Crippen LogP contribution is -2.40. The molecule has 0 N–H and O–H groups in total. The molecule has 0 aliphatic carbocycles. The Morgan fingerprint density at radius 1 is 1.45 bits per heavy atom. The van der Waals surface area contributed by atoms with E-state index in [1.807, 2.05) is 0 Å². The topological polar surface area (TPSA) is 34.0 Å². The van der Waals surface area contributed by atoms with E-state index in [-0.39, 0.29) is 0 Å². The minimum atomic E-state index is -0.408. The van der Waals surface area contributed by atoms with Gasteiger partial charge in [0.25, 0.3) is 0 Å². The van der Waals surface area contributed by atoms with E-state index in [0.29, 0.717) is 12.5 Å². The van der Waals surface area contributed by atoms with Crippen molar-refractivity contribution in [2.45, 2.75) is 19.6 Å². The summed E-state index contributed by atoms with van der Waals surface area (Å²) in [6.45, 7) is 4.81. The van der Waals surface area contributed by atoms with E-state index >= 15 is 0 Å². The van der Waals surface area contributed by atoms with Gasteiger partial charge in [-0.3, -0.25) is 9.98 Å². The Bertz CT molecular complexity index is 187. The maximum Gasteiger partial charge on any atom is 0.180 e. The molecule has 0 aromatic carbocycles. The Morgan fingerprint density at radius 2 is 2.18 bits per heavy atom. The van der Waals surface area contributed by atoms with Crippen molar-refractivity contribution in [2.24, 2.45) is 15.9 Å². The third-order valence-electron chi connectivity index (χ3n) is 2.04. The van der Waals surface area contributed by atoms with Crippen LogP contribution in [0.3, 0.4) is 0 Å². The molecule has 1 rings (SSSR count). The van der Waals surface area contributed by atoms with E-state index in [0.717, 1.165) is 0 Å². The average Bonchev–Trinajstić information content (AvgIpc) is 2.05. The minimum absolute atomic E-state index is 0.362. The third kappa shape index (κ3) is 1.48. The molecule has 1 atom stereocenters. The third-order valence-corrected chi connectivity index (χ3v) is 2.04. The zero-order valence-corrected chi connectivity index (χ0v) is 7.24. The molecule has 1 aliphatic heterocycles. The highest BCUT2D eigenvalue weighted by atomic mass is 16.5. The quantitative estimate of drug-likeness (QED) is 0.587. The molecule has 0 saturated carbocycles. The fraction of sp³-hybridized carbons (Fsp3) is 0.750. The molecule has 0 fully saturated rings. The maximum atomic E-state index is 5.33.